The van der Waals surface area contributed by atoms with Crippen molar-refractivity contribution in [1.82, 2.24) is 0 Å². The molecule has 0 aromatic rings. The number of aliphatic hydroxyl groups is 3. The average Bonchev–Trinajstić information content (AvgIpc) is 2.30. The Hall–Kier alpha value is -0.160. The fourth-order valence-corrected chi connectivity index (χ4v) is 2.15. The Bertz CT molecular complexity index is 138. The molecule has 17 heavy (non-hydrogen) atoms. The van der Waals surface area contributed by atoms with Crippen molar-refractivity contribution in [3.05, 3.63) is 0 Å². The summed E-state index contributed by atoms with van der Waals surface area (Å²) < 4.78 is 1.00. The molecular formula is C13H30NO3+. The standard InChI is InChI=1S/C13H30NO3/c1-14(8-2-5-11-15,9-3-6-12-16)10-4-7-13-17/h15-17H,2-13H2,1H3/q+1. The van der Waals surface area contributed by atoms with Crippen molar-refractivity contribution in [2.75, 3.05) is 46.5 Å². The third kappa shape index (κ3) is 9.53. The topological polar surface area (TPSA) is 60.7 Å². The van der Waals surface area contributed by atoms with Crippen LogP contribution >= 0.6 is 0 Å². The van der Waals surface area contributed by atoms with Crippen molar-refractivity contribution >= 4 is 0 Å². The number of aliphatic hydroxyl groups excluding tert-OH is 3. The van der Waals surface area contributed by atoms with Crippen molar-refractivity contribution in [3.63, 3.8) is 0 Å². The van der Waals surface area contributed by atoms with Crippen LogP contribution in [0.5, 0.6) is 0 Å². The molecule has 0 spiro atoms. The lowest BCUT2D eigenvalue weighted by Gasteiger charge is -2.35. The predicted molar refractivity (Wildman–Crippen MR) is 69.7 cm³/mol. The highest BCUT2D eigenvalue weighted by Crippen LogP contribution is 2.11. The summed E-state index contributed by atoms with van der Waals surface area (Å²) in [5.74, 6) is 0. The van der Waals surface area contributed by atoms with Crippen LogP contribution in [0.25, 0.3) is 0 Å². The van der Waals surface area contributed by atoms with Gasteiger partial charge in [-0.25, -0.2) is 0 Å². The number of rotatable bonds is 12. The third-order valence-electron chi connectivity index (χ3n) is 3.32. The van der Waals surface area contributed by atoms with Crippen LogP contribution in [-0.2, 0) is 0 Å². The van der Waals surface area contributed by atoms with Gasteiger partial charge in [0.2, 0.25) is 0 Å². The summed E-state index contributed by atoms with van der Waals surface area (Å²) in [7, 11) is 2.24. The van der Waals surface area contributed by atoms with Crippen molar-refractivity contribution in [3.8, 4) is 0 Å². The van der Waals surface area contributed by atoms with Crippen molar-refractivity contribution < 1.29 is 19.8 Å². The summed E-state index contributed by atoms with van der Waals surface area (Å²) in [4.78, 5) is 0. The van der Waals surface area contributed by atoms with Gasteiger partial charge in [0.05, 0.1) is 26.7 Å². The van der Waals surface area contributed by atoms with E-state index in [-0.39, 0.29) is 19.8 Å². The molecule has 0 fully saturated rings. The monoisotopic (exact) mass is 248 g/mol. The zero-order valence-corrected chi connectivity index (χ0v) is 11.3. The Kier molecular flexibility index (Phi) is 10.9. The van der Waals surface area contributed by atoms with Gasteiger partial charge in [-0.1, -0.05) is 0 Å². The average molecular weight is 248 g/mol. The van der Waals surface area contributed by atoms with Crippen molar-refractivity contribution in [1.29, 1.82) is 0 Å². The van der Waals surface area contributed by atoms with E-state index in [4.69, 9.17) is 15.3 Å². The minimum absolute atomic E-state index is 0.271. The molecule has 104 valence electrons. The van der Waals surface area contributed by atoms with E-state index in [0.29, 0.717) is 0 Å². The Morgan fingerprint density at radius 3 is 1.12 bits per heavy atom. The number of nitrogens with zero attached hydrogens (tertiary/aromatic N) is 1. The van der Waals surface area contributed by atoms with Crippen LogP contribution in [0.3, 0.4) is 0 Å². The van der Waals surface area contributed by atoms with Gasteiger partial charge in [-0.15, -0.1) is 0 Å². The quantitative estimate of drug-likeness (QED) is 0.353. The molecule has 4 heteroatoms. The van der Waals surface area contributed by atoms with Gasteiger partial charge in [-0.2, -0.15) is 0 Å². The first-order valence-electron chi connectivity index (χ1n) is 6.84. The number of unbranched alkanes of at least 4 members (excludes halogenated alkanes) is 3. The van der Waals surface area contributed by atoms with Crippen LogP contribution in [0.15, 0.2) is 0 Å². The number of hydrogen-bond acceptors (Lipinski definition) is 3. The first-order chi connectivity index (χ1) is 8.18. The molecule has 0 radical (unpaired) electrons. The summed E-state index contributed by atoms with van der Waals surface area (Å²) in [5.41, 5.74) is 0. The van der Waals surface area contributed by atoms with E-state index < -0.39 is 0 Å². The normalized spacial score (nSPS) is 12.0. The lowest BCUT2D eigenvalue weighted by Crippen LogP contribution is -2.46. The van der Waals surface area contributed by atoms with Gasteiger partial charge in [0, 0.05) is 19.8 Å². The van der Waals surface area contributed by atoms with Crippen molar-refractivity contribution in [2.24, 2.45) is 0 Å². The van der Waals surface area contributed by atoms with E-state index in [1.54, 1.807) is 0 Å². The van der Waals surface area contributed by atoms with E-state index in [2.05, 4.69) is 7.05 Å². The first kappa shape index (κ1) is 16.8. The maximum Gasteiger partial charge on any atom is 0.0785 e. The largest absolute Gasteiger partial charge is 0.396 e. The number of hydrogen-bond donors (Lipinski definition) is 3. The molecule has 0 aromatic heterocycles. The minimum atomic E-state index is 0.271. The van der Waals surface area contributed by atoms with E-state index in [1.807, 2.05) is 0 Å². The van der Waals surface area contributed by atoms with Gasteiger partial charge in [-0.3, -0.25) is 0 Å². The molecule has 3 N–H and O–H groups in total. The molecule has 0 bridgehead atoms. The molecule has 0 aliphatic carbocycles. The highest BCUT2D eigenvalue weighted by molar-refractivity contribution is 4.47. The van der Waals surface area contributed by atoms with Crippen molar-refractivity contribution in [2.45, 2.75) is 38.5 Å². The third-order valence-corrected chi connectivity index (χ3v) is 3.32. The second-order valence-corrected chi connectivity index (χ2v) is 5.08. The second-order valence-electron chi connectivity index (χ2n) is 5.08. The molecule has 4 nitrogen and oxygen atoms in total. The minimum Gasteiger partial charge on any atom is -0.396 e. The van der Waals surface area contributed by atoms with Gasteiger partial charge in [0.15, 0.2) is 0 Å². The summed E-state index contributed by atoms with van der Waals surface area (Å²) in [6.07, 6.45) is 5.75. The Morgan fingerprint density at radius 2 is 0.882 bits per heavy atom. The van der Waals surface area contributed by atoms with Crippen LogP contribution in [0, 0.1) is 0 Å². The highest BCUT2D eigenvalue weighted by Gasteiger charge is 2.19. The molecule has 0 saturated heterocycles. The SMILES string of the molecule is C[N+](CCCCO)(CCCCO)CCCCO. The molecule has 0 heterocycles. The Labute approximate surface area is 105 Å². The molecule has 0 atom stereocenters. The first-order valence-corrected chi connectivity index (χ1v) is 6.84. The van der Waals surface area contributed by atoms with E-state index in [9.17, 15) is 0 Å². The molecule has 0 aromatic carbocycles. The van der Waals surface area contributed by atoms with Crippen LogP contribution in [-0.4, -0.2) is 66.3 Å². The molecule has 0 amide bonds. The fraction of sp³-hybridized carbons (Fsp3) is 1.00. The summed E-state index contributed by atoms with van der Waals surface area (Å²) >= 11 is 0. The zero-order chi connectivity index (χ0) is 13.0. The van der Waals surface area contributed by atoms with Gasteiger partial charge in [0.1, 0.15) is 0 Å². The Balaban J connectivity index is 3.95. The van der Waals surface area contributed by atoms with Crippen LogP contribution in [0.1, 0.15) is 38.5 Å². The summed E-state index contributed by atoms with van der Waals surface area (Å²) in [5, 5.41) is 26.5. The Morgan fingerprint density at radius 1 is 0.588 bits per heavy atom. The van der Waals surface area contributed by atoms with Gasteiger partial charge < -0.3 is 19.8 Å². The maximum absolute atomic E-state index is 8.82. The van der Waals surface area contributed by atoms with E-state index in [1.165, 1.54) is 0 Å². The highest BCUT2D eigenvalue weighted by atomic mass is 16.3. The molecule has 0 saturated carbocycles. The zero-order valence-electron chi connectivity index (χ0n) is 11.3. The number of quaternary nitrogens is 1. The van der Waals surface area contributed by atoms with Gasteiger partial charge in [-0.05, 0) is 38.5 Å². The lowest BCUT2D eigenvalue weighted by atomic mass is 10.2. The van der Waals surface area contributed by atoms with Crippen LogP contribution < -0.4 is 0 Å². The fourth-order valence-electron chi connectivity index (χ4n) is 2.15. The summed E-state index contributed by atoms with van der Waals surface area (Å²) in [6, 6.07) is 0. The second kappa shape index (κ2) is 11.0. The predicted octanol–water partition coefficient (Wildman–Crippen LogP) is 0.750. The molecule has 0 unspecified atom stereocenters. The summed E-state index contributed by atoms with van der Waals surface area (Å²) in [6.45, 7) is 4.06. The molecule has 0 aliphatic heterocycles. The van der Waals surface area contributed by atoms with Crippen LogP contribution in [0.2, 0.25) is 0 Å². The van der Waals surface area contributed by atoms with Gasteiger partial charge in [0.25, 0.3) is 0 Å². The maximum atomic E-state index is 8.82. The lowest BCUT2D eigenvalue weighted by molar-refractivity contribution is -0.910. The van der Waals surface area contributed by atoms with E-state index >= 15 is 0 Å². The van der Waals surface area contributed by atoms with E-state index in [0.717, 1.165) is 62.6 Å². The molecular weight excluding hydrogens is 218 g/mol. The molecule has 0 rings (SSSR count). The smallest absolute Gasteiger partial charge is 0.0785 e. The van der Waals surface area contributed by atoms with Gasteiger partial charge >= 0.3 is 0 Å². The van der Waals surface area contributed by atoms with Crippen LogP contribution in [0.4, 0.5) is 0 Å². The molecule has 0 aliphatic rings.